The Morgan fingerprint density at radius 1 is 1.43 bits per heavy atom. The average Bonchev–Trinajstić information content (AvgIpc) is 2.44. The topological polar surface area (TPSA) is 75.4 Å². The number of halogens is 1. The molecule has 116 valence electrons. The molecule has 0 aromatic heterocycles. The van der Waals surface area contributed by atoms with Gasteiger partial charge in [0.1, 0.15) is 0 Å². The van der Waals surface area contributed by atoms with Gasteiger partial charge in [-0.15, -0.1) is 12.4 Å². The predicted molar refractivity (Wildman–Crippen MR) is 84.2 cm³/mol. The molecule has 6 heteroatoms. The number of carbonyl (C=O) groups excluding carboxylic acids is 2. The van der Waals surface area contributed by atoms with Crippen LogP contribution in [0.15, 0.2) is 30.3 Å². The largest absolute Gasteiger partial charge is 0.350 e. The Morgan fingerprint density at radius 3 is 2.71 bits per heavy atom. The SMILES string of the molecule is CN1CC(NC(=O)[C@@H](N)Cc2ccccc2)CCC1=O.Cl. The lowest BCUT2D eigenvalue weighted by atomic mass is 10.0. The summed E-state index contributed by atoms with van der Waals surface area (Å²) in [7, 11) is 1.75. The molecular formula is C15H22ClN3O2. The fourth-order valence-electron chi connectivity index (χ4n) is 2.40. The standard InChI is InChI=1S/C15H21N3O2.ClH/c1-18-10-12(7-8-14(18)19)17-15(20)13(16)9-11-5-3-2-4-6-11;/h2-6,12-13H,7-10,16H2,1H3,(H,17,20);1H/t12?,13-;/m0./s1. The van der Waals surface area contributed by atoms with Crippen molar-refractivity contribution in [3.8, 4) is 0 Å². The molecule has 1 aliphatic rings. The second-order valence-corrected chi connectivity index (χ2v) is 5.31. The molecular weight excluding hydrogens is 290 g/mol. The van der Waals surface area contributed by atoms with Crippen molar-refractivity contribution in [1.29, 1.82) is 0 Å². The van der Waals surface area contributed by atoms with Crippen molar-refractivity contribution in [1.82, 2.24) is 10.2 Å². The lowest BCUT2D eigenvalue weighted by molar-refractivity contribution is -0.134. The van der Waals surface area contributed by atoms with E-state index < -0.39 is 6.04 Å². The van der Waals surface area contributed by atoms with E-state index in [1.54, 1.807) is 11.9 Å². The van der Waals surface area contributed by atoms with E-state index >= 15 is 0 Å². The zero-order valence-electron chi connectivity index (χ0n) is 12.1. The number of carbonyl (C=O) groups is 2. The summed E-state index contributed by atoms with van der Waals surface area (Å²) in [4.78, 5) is 25.1. The molecule has 0 bridgehead atoms. The molecule has 1 aliphatic heterocycles. The van der Waals surface area contributed by atoms with Crippen molar-refractivity contribution >= 4 is 24.2 Å². The third-order valence-corrected chi connectivity index (χ3v) is 3.61. The molecule has 2 atom stereocenters. The highest BCUT2D eigenvalue weighted by Gasteiger charge is 2.25. The zero-order chi connectivity index (χ0) is 14.5. The van der Waals surface area contributed by atoms with E-state index in [0.717, 1.165) is 5.56 Å². The molecule has 1 aromatic carbocycles. The van der Waals surface area contributed by atoms with Gasteiger partial charge in [0.2, 0.25) is 11.8 Å². The Bertz CT molecular complexity index is 481. The highest BCUT2D eigenvalue weighted by atomic mass is 35.5. The Labute approximate surface area is 131 Å². The Hall–Kier alpha value is -1.59. The fourth-order valence-corrected chi connectivity index (χ4v) is 2.40. The van der Waals surface area contributed by atoms with Gasteiger partial charge in [-0.3, -0.25) is 9.59 Å². The van der Waals surface area contributed by atoms with Gasteiger partial charge < -0.3 is 16.0 Å². The average molecular weight is 312 g/mol. The van der Waals surface area contributed by atoms with Crippen LogP contribution >= 0.6 is 12.4 Å². The first kappa shape index (κ1) is 17.5. The third kappa shape index (κ3) is 5.02. The predicted octanol–water partition coefficient (Wildman–Crippen LogP) is 0.715. The van der Waals surface area contributed by atoms with Gasteiger partial charge in [-0.1, -0.05) is 30.3 Å². The van der Waals surface area contributed by atoms with Crippen LogP contribution in [0.1, 0.15) is 18.4 Å². The summed E-state index contributed by atoms with van der Waals surface area (Å²) in [5.74, 6) is -0.0225. The van der Waals surface area contributed by atoms with Gasteiger partial charge in [-0.2, -0.15) is 0 Å². The second-order valence-electron chi connectivity index (χ2n) is 5.31. The number of benzene rings is 1. The highest BCUT2D eigenvalue weighted by Crippen LogP contribution is 2.10. The minimum absolute atomic E-state index is 0. The van der Waals surface area contributed by atoms with E-state index in [1.807, 2.05) is 30.3 Å². The highest BCUT2D eigenvalue weighted by molar-refractivity contribution is 5.85. The monoisotopic (exact) mass is 311 g/mol. The number of likely N-dealkylation sites (tertiary alicyclic amines) is 1. The van der Waals surface area contributed by atoms with Crippen LogP contribution in [0.25, 0.3) is 0 Å². The fraction of sp³-hybridized carbons (Fsp3) is 0.467. The van der Waals surface area contributed by atoms with Crippen molar-refractivity contribution in [2.45, 2.75) is 31.3 Å². The number of hydrogen-bond acceptors (Lipinski definition) is 3. The molecule has 1 aromatic rings. The van der Waals surface area contributed by atoms with E-state index in [0.29, 0.717) is 25.8 Å². The lowest BCUT2D eigenvalue weighted by Gasteiger charge is -2.30. The number of amides is 2. The summed E-state index contributed by atoms with van der Waals surface area (Å²) in [5.41, 5.74) is 6.98. The van der Waals surface area contributed by atoms with Crippen molar-refractivity contribution < 1.29 is 9.59 Å². The third-order valence-electron chi connectivity index (χ3n) is 3.61. The number of piperidine rings is 1. The first-order chi connectivity index (χ1) is 9.56. The summed E-state index contributed by atoms with van der Waals surface area (Å²) in [6, 6.07) is 9.17. The summed E-state index contributed by atoms with van der Waals surface area (Å²) in [5, 5.41) is 2.93. The van der Waals surface area contributed by atoms with Gasteiger partial charge in [-0.05, 0) is 18.4 Å². The van der Waals surface area contributed by atoms with Crippen molar-refractivity contribution in [3.05, 3.63) is 35.9 Å². The smallest absolute Gasteiger partial charge is 0.237 e. The Balaban J connectivity index is 0.00000220. The van der Waals surface area contributed by atoms with Crippen LogP contribution in [0.3, 0.4) is 0 Å². The minimum Gasteiger partial charge on any atom is -0.350 e. The first-order valence-electron chi connectivity index (χ1n) is 6.90. The van der Waals surface area contributed by atoms with Gasteiger partial charge in [-0.25, -0.2) is 0 Å². The zero-order valence-corrected chi connectivity index (χ0v) is 12.9. The molecule has 0 aliphatic carbocycles. The van der Waals surface area contributed by atoms with Crippen LogP contribution in [0.4, 0.5) is 0 Å². The molecule has 0 saturated carbocycles. The van der Waals surface area contributed by atoms with E-state index in [-0.39, 0.29) is 30.3 Å². The maximum absolute atomic E-state index is 12.1. The van der Waals surface area contributed by atoms with Crippen LogP contribution in [-0.2, 0) is 16.0 Å². The quantitative estimate of drug-likeness (QED) is 0.860. The van der Waals surface area contributed by atoms with Crippen LogP contribution in [0.2, 0.25) is 0 Å². The molecule has 3 N–H and O–H groups in total. The number of nitrogens with one attached hydrogen (secondary N) is 1. The molecule has 1 heterocycles. The molecule has 2 amide bonds. The van der Waals surface area contributed by atoms with E-state index in [4.69, 9.17) is 5.73 Å². The molecule has 21 heavy (non-hydrogen) atoms. The van der Waals surface area contributed by atoms with Crippen LogP contribution < -0.4 is 11.1 Å². The molecule has 1 unspecified atom stereocenters. The van der Waals surface area contributed by atoms with Crippen molar-refractivity contribution in [2.75, 3.05) is 13.6 Å². The van der Waals surface area contributed by atoms with Crippen LogP contribution in [-0.4, -0.2) is 42.4 Å². The maximum atomic E-state index is 12.1. The van der Waals surface area contributed by atoms with E-state index in [1.165, 1.54) is 0 Å². The number of nitrogens with two attached hydrogens (primary N) is 1. The molecule has 0 radical (unpaired) electrons. The van der Waals surface area contributed by atoms with Crippen LogP contribution in [0, 0.1) is 0 Å². The van der Waals surface area contributed by atoms with E-state index in [9.17, 15) is 9.59 Å². The van der Waals surface area contributed by atoms with Crippen LogP contribution in [0.5, 0.6) is 0 Å². The van der Waals surface area contributed by atoms with Gasteiger partial charge >= 0.3 is 0 Å². The number of rotatable bonds is 4. The molecule has 1 saturated heterocycles. The first-order valence-corrected chi connectivity index (χ1v) is 6.90. The molecule has 2 rings (SSSR count). The summed E-state index contributed by atoms with van der Waals surface area (Å²) in [6.07, 6.45) is 1.69. The van der Waals surface area contributed by atoms with Crippen molar-refractivity contribution in [3.63, 3.8) is 0 Å². The Morgan fingerprint density at radius 2 is 2.10 bits per heavy atom. The second kappa shape index (κ2) is 8.00. The van der Waals surface area contributed by atoms with Gasteiger partial charge in [0, 0.05) is 26.1 Å². The summed E-state index contributed by atoms with van der Waals surface area (Å²) in [6.45, 7) is 0.558. The molecule has 5 nitrogen and oxygen atoms in total. The Kier molecular flexibility index (Phi) is 6.65. The normalized spacial score (nSPS) is 19.6. The lowest BCUT2D eigenvalue weighted by Crippen LogP contribution is -2.52. The summed E-state index contributed by atoms with van der Waals surface area (Å²) < 4.78 is 0. The number of likely N-dealkylation sites (N-methyl/N-ethyl adjacent to an activating group) is 1. The van der Waals surface area contributed by atoms with Gasteiger partial charge in [0.25, 0.3) is 0 Å². The van der Waals surface area contributed by atoms with Gasteiger partial charge in [0.05, 0.1) is 6.04 Å². The van der Waals surface area contributed by atoms with Gasteiger partial charge in [0.15, 0.2) is 0 Å². The minimum atomic E-state index is -0.555. The van der Waals surface area contributed by atoms with E-state index in [2.05, 4.69) is 5.32 Å². The molecule has 1 fully saturated rings. The number of nitrogens with zero attached hydrogens (tertiary/aromatic N) is 1. The maximum Gasteiger partial charge on any atom is 0.237 e. The molecule has 0 spiro atoms. The number of hydrogen-bond donors (Lipinski definition) is 2. The van der Waals surface area contributed by atoms with Crippen molar-refractivity contribution in [2.24, 2.45) is 5.73 Å². The summed E-state index contributed by atoms with van der Waals surface area (Å²) >= 11 is 0.